The first kappa shape index (κ1) is 20.7. The Morgan fingerprint density at radius 2 is 0.931 bits per heavy atom. The Hall–Kier alpha value is -3.02. The lowest BCUT2D eigenvalue weighted by atomic mass is 9.77. The van der Waals surface area contributed by atoms with Crippen molar-refractivity contribution >= 4 is 0 Å². The predicted octanol–water partition coefficient (Wildman–Crippen LogP) is 3.59. The summed E-state index contributed by atoms with van der Waals surface area (Å²) in [4.78, 5) is 0. The lowest BCUT2D eigenvalue weighted by molar-refractivity contribution is 0.277. The fourth-order valence-electron chi connectivity index (χ4n) is 3.57. The maximum atomic E-state index is 9.59. The molecule has 0 atom stereocenters. The molecule has 0 saturated carbocycles. The molecule has 0 aliphatic carbocycles. The highest BCUT2D eigenvalue weighted by molar-refractivity contribution is 5.52. The summed E-state index contributed by atoms with van der Waals surface area (Å²) in [6.07, 6.45) is 0. The quantitative estimate of drug-likeness (QED) is 0.544. The molecule has 0 fully saturated rings. The maximum absolute atomic E-state index is 9.59. The van der Waals surface area contributed by atoms with Crippen molar-refractivity contribution in [1.29, 1.82) is 0 Å². The van der Waals surface area contributed by atoms with Crippen LogP contribution in [0.25, 0.3) is 0 Å². The van der Waals surface area contributed by atoms with Crippen LogP contribution in [-0.2, 0) is 5.54 Å². The summed E-state index contributed by atoms with van der Waals surface area (Å²) < 4.78 is 16.0. The van der Waals surface area contributed by atoms with Crippen LogP contribution < -0.4 is 19.5 Å². The van der Waals surface area contributed by atoms with Crippen LogP contribution in [0, 0.1) is 0 Å². The number of hydrogen-bond donors (Lipinski definition) is 2. The van der Waals surface area contributed by atoms with Crippen molar-refractivity contribution in [1.82, 2.24) is 5.32 Å². The van der Waals surface area contributed by atoms with E-state index in [2.05, 4.69) is 5.32 Å². The number of methoxy groups -OCH3 is 3. The minimum Gasteiger partial charge on any atom is -0.497 e. The molecule has 0 heterocycles. The van der Waals surface area contributed by atoms with E-state index in [4.69, 9.17) is 14.2 Å². The topological polar surface area (TPSA) is 60.0 Å². The van der Waals surface area contributed by atoms with E-state index >= 15 is 0 Å². The molecule has 0 spiro atoms. The number of rotatable bonds is 9. The lowest BCUT2D eigenvalue weighted by Crippen LogP contribution is -2.45. The monoisotopic (exact) mass is 393 g/mol. The Morgan fingerprint density at radius 1 is 0.621 bits per heavy atom. The molecular formula is C24H27NO4. The van der Waals surface area contributed by atoms with Gasteiger partial charge in [-0.2, -0.15) is 0 Å². The zero-order valence-electron chi connectivity index (χ0n) is 17.0. The molecule has 152 valence electrons. The SMILES string of the molecule is COc1ccc(C(NCCO)(c2ccc(OC)cc2)c2ccc(OC)cc2)cc1. The summed E-state index contributed by atoms with van der Waals surface area (Å²) in [6.45, 7) is 0.439. The zero-order chi connectivity index (χ0) is 20.7. The first-order valence-electron chi connectivity index (χ1n) is 9.47. The lowest BCUT2D eigenvalue weighted by Gasteiger charge is -2.37. The molecule has 3 rings (SSSR count). The largest absolute Gasteiger partial charge is 0.497 e. The van der Waals surface area contributed by atoms with Crippen LogP contribution in [0.3, 0.4) is 0 Å². The Morgan fingerprint density at radius 3 is 1.17 bits per heavy atom. The van der Waals surface area contributed by atoms with Gasteiger partial charge in [0.15, 0.2) is 0 Å². The van der Waals surface area contributed by atoms with Gasteiger partial charge < -0.3 is 19.3 Å². The molecule has 0 aliphatic rings. The van der Waals surface area contributed by atoms with E-state index in [-0.39, 0.29) is 6.61 Å². The highest BCUT2D eigenvalue weighted by atomic mass is 16.5. The number of nitrogens with one attached hydrogen (secondary N) is 1. The van der Waals surface area contributed by atoms with Gasteiger partial charge in [0.2, 0.25) is 0 Å². The second-order valence-corrected chi connectivity index (χ2v) is 6.59. The minimum absolute atomic E-state index is 0.0181. The molecule has 5 heteroatoms. The van der Waals surface area contributed by atoms with Gasteiger partial charge in [-0.15, -0.1) is 0 Å². The van der Waals surface area contributed by atoms with Crippen LogP contribution in [0.15, 0.2) is 72.8 Å². The fraction of sp³-hybridized carbons (Fsp3) is 0.250. The molecule has 5 nitrogen and oxygen atoms in total. The molecule has 3 aromatic rings. The van der Waals surface area contributed by atoms with Gasteiger partial charge in [0.1, 0.15) is 17.2 Å². The van der Waals surface area contributed by atoms with E-state index in [1.807, 2.05) is 72.8 Å². The highest BCUT2D eigenvalue weighted by Crippen LogP contribution is 2.38. The average Bonchev–Trinajstić information content (AvgIpc) is 2.80. The van der Waals surface area contributed by atoms with E-state index in [9.17, 15) is 5.11 Å². The zero-order valence-corrected chi connectivity index (χ0v) is 17.0. The molecule has 0 saturated heterocycles. The molecule has 0 aromatic heterocycles. The first-order chi connectivity index (χ1) is 14.2. The summed E-state index contributed by atoms with van der Waals surface area (Å²) in [6, 6.07) is 23.9. The Kier molecular flexibility index (Phi) is 6.75. The second kappa shape index (κ2) is 9.45. The Labute approximate surface area is 171 Å². The third-order valence-electron chi connectivity index (χ3n) is 5.07. The highest BCUT2D eigenvalue weighted by Gasteiger charge is 2.36. The van der Waals surface area contributed by atoms with E-state index in [1.165, 1.54) is 0 Å². The Bertz CT molecular complexity index is 774. The number of aliphatic hydroxyl groups excluding tert-OH is 1. The van der Waals surface area contributed by atoms with Crippen molar-refractivity contribution in [3.8, 4) is 17.2 Å². The fourth-order valence-corrected chi connectivity index (χ4v) is 3.57. The van der Waals surface area contributed by atoms with Crippen molar-refractivity contribution in [2.45, 2.75) is 5.54 Å². The van der Waals surface area contributed by atoms with Gasteiger partial charge in [-0.25, -0.2) is 0 Å². The van der Waals surface area contributed by atoms with E-state index < -0.39 is 5.54 Å². The summed E-state index contributed by atoms with van der Waals surface area (Å²) in [5.74, 6) is 2.36. The van der Waals surface area contributed by atoms with E-state index in [0.717, 1.165) is 33.9 Å². The number of ether oxygens (including phenoxy) is 3. The van der Waals surface area contributed by atoms with E-state index in [1.54, 1.807) is 21.3 Å². The van der Waals surface area contributed by atoms with Gasteiger partial charge in [-0.1, -0.05) is 36.4 Å². The smallest absolute Gasteiger partial charge is 0.118 e. The van der Waals surface area contributed by atoms with Gasteiger partial charge in [-0.05, 0) is 53.1 Å². The summed E-state index contributed by atoms with van der Waals surface area (Å²) in [7, 11) is 4.96. The summed E-state index contributed by atoms with van der Waals surface area (Å²) in [5.41, 5.74) is 2.42. The van der Waals surface area contributed by atoms with Crippen molar-refractivity contribution in [3.05, 3.63) is 89.5 Å². The molecule has 0 radical (unpaired) electrons. The first-order valence-corrected chi connectivity index (χ1v) is 9.47. The van der Waals surface area contributed by atoms with Crippen molar-refractivity contribution in [2.24, 2.45) is 0 Å². The molecule has 3 aromatic carbocycles. The van der Waals surface area contributed by atoms with Gasteiger partial charge >= 0.3 is 0 Å². The number of aliphatic hydroxyl groups is 1. The summed E-state index contributed by atoms with van der Waals surface area (Å²) >= 11 is 0. The van der Waals surface area contributed by atoms with Gasteiger partial charge in [0.25, 0.3) is 0 Å². The third-order valence-corrected chi connectivity index (χ3v) is 5.07. The van der Waals surface area contributed by atoms with Gasteiger partial charge in [0.05, 0.1) is 33.5 Å². The molecule has 0 amide bonds. The normalized spacial score (nSPS) is 11.2. The molecular weight excluding hydrogens is 366 g/mol. The standard InChI is InChI=1S/C24H27NO4/c1-27-21-10-4-18(5-11-21)24(25-16-17-26,19-6-12-22(28-2)13-7-19)20-8-14-23(29-3)15-9-20/h4-15,25-26H,16-17H2,1-3H3. The van der Waals surface area contributed by atoms with Crippen LogP contribution in [0.1, 0.15) is 16.7 Å². The maximum Gasteiger partial charge on any atom is 0.118 e. The molecule has 0 bridgehead atoms. The Balaban J connectivity index is 2.23. The molecule has 29 heavy (non-hydrogen) atoms. The van der Waals surface area contributed by atoms with Crippen LogP contribution in [0.2, 0.25) is 0 Å². The van der Waals surface area contributed by atoms with Crippen LogP contribution in [0.5, 0.6) is 17.2 Å². The van der Waals surface area contributed by atoms with Crippen LogP contribution >= 0.6 is 0 Å². The summed E-state index contributed by atoms with van der Waals surface area (Å²) in [5, 5.41) is 13.2. The third kappa shape index (κ3) is 4.21. The van der Waals surface area contributed by atoms with Crippen LogP contribution in [0.4, 0.5) is 0 Å². The van der Waals surface area contributed by atoms with Crippen molar-refractivity contribution in [3.63, 3.8) is 0 Å². The van der Waals surface area contributed by atoms with Crippen molar-refractivity contribution in [2.75, 3.05) is 34.5 Å². The second-order valence-electron chi connectivity index (χ2n) is 6.59. The number of benzene rings is 3. The molecule has 0 unspecified atom stereocenters. The van der Waals surface area contributed by atoms with Crippen molar-refractivity contribution < 1.29 is 19.3 Å². The average molecular weight is 393 g/mol. The molecule has 0 aliphatic heterocycles. The van der Waals surface area contributed by atoms with E-state index in [0.29, 0.717) is 6.54 Å². The van der Waals surface area contributed by atoms with Gasteiger partial charge in [-0.3, -0.25) is 5.32 Å². The number of hydrogen-bond acceptors (Lipinski definition) is 5. The predicted molar refractivity (Wildman–Crippen MR) is 114 cm³/mol. The van der Waals surface area contributed by atoms with Crippen LogP contribution in [-0.4, -0.2) is 39.6 Å². The van der Waals surface area contributed by atoms with Gasteiger partial charge in [0, 0.05) is 6.54 Å². The minimum atomic E-state index is -0.673. The molecule has 2 N–H and O–H groups in total.